The molecule has 19 heavy (non-hydrogen) atoms. The predicted octanol–water partition coefficient (Wildman–Crippen LogP) is 2.83. The van der Waals surface area contributed by atoms with Crippen LogP contribution in [0.15, 0.2) is 18.2 Å². The van der Waals surface area contributed by atoms with Gasteiger partial charge in [-0.2, -0.15) is 5.26 Å². The van der Waals surface area contributed by atoms with Crippen molar-refractivity contribution in [1.82, 2.24) is 0 Å². The maximum absolute atomic E-state index is 9.14. The predicted molar refractivity (Wildman–Crippen MR) is 74.7 cm³/mol. The van der Waals surface area contributed by atoms with Crippen LogP contribution in [0.3, 0.4) is 0 Å². The maximum Gasteiger partial charge on any atom is 0.145 e. The first-order valence-electron chi connectivity index (χ1n) is 6.41. The van der Waals surface area contributed by atoms with E-state index in [1.165, 1.54) is 0 Å². The normalized spacial score (nSPS) is 21.0. The Morgan fingerprint density at radius 1 is 1.32 bits per heavy atom. The lowest BCUT2D eigenvalue weighted by Crippen LogP contribution is -2.38. The standard InChI is InChI=1S/C15H20N2O2/c1-15(2)8-11(9-16)10-17(15)13-6-5-12(18-3)7-14(13)19-4/h5-7,11H,8,10H2,1-4H3. The summed E-state index contributed by atoms with van der Waals surface area (Å²) in [6, 6.07) is 8.18. The van der Waals surface area contributed by atoms with Gasteiger partial charge >= 0.3 is 0 Å². The fourth-order valence-electron chi connectivity index (χ4n) is 2.76. The molecule has 0 bridgehead atoms. The van der Waals surface area contributed by atoms with E-state index in [4.69, 9.17) is 14.7 Å². The van der Waals surface area contributed by atoms with Crippen LogP contribution in [-0.2, 0) is 0 Å². The van der Waals surface area contributed by atoms with Gasteiger partial charge in [-0.05, 0) is 32.4 Å². The van der Waals surface area contributed by atoms with Gasteiger partial charge in [-0.3, -0.25) is 0 Å². The Hall–Kier alpha value is -1.89. The minimum atomic E-state index is -0.0394. The fourth-order valence-corrected chi connectivity index (χ4v) is 2.76. The molecule has 4 heteroatoms. The van der Waals surface area contributed by atoms with Crippen molar-refractivity contribution in [2.24, 2.45) is 5.92 Å². The van der Waals surface area contributed by atoms with Gasteiger partial charge in [0, 0.05) is 18.2 Å². The van der Waals surface area contributed by atoms with Crippen LogP contribution in [0.5, 0.6) is 11.5 Å². The number of hydrogen-bond acceptors (Lipinski definition) is 4. The van der Waals surface area contributed by atoms with Gasteiger partial charge in [-0.1, -0.05) is 0 Å². The number of ether oxygens (including phenoxy) is 2. The quantitative estimate of drug-likeness (QED) is 0.838. The molecule has 1 aliphatic heterocycles. The minimum absolute atomic E-state index is 0.0394. The smallest absolute Gasteiger partial charge is 0.145 e. The molecule has 1 aromatic rings. The second-order valence-electron chi connectivity index (χ2n) is 5.49. The molecule has 4 nitrogen and oxygen atoms in total. The highest BCUT2D eigenvalue weighted by Crippen LogP contribution is 2.42. The number of anilines is 1. The minimum Gasteiger partial charge on any atom is -0.497 e. The number of hydrogen-bond donors (Lipinski definition) is 0. The zero-order valence-corrected chi connectivity index (χ0v) is 11.9. The lowest BCUT2D eigenvalue weighted by atomic mass is 9.97. The Balaban J connectivity index is 2.39. The SMILES string of the molecule is COc1ccc(N2CC(C#N)CC2(C)C)c(OC)c1. The first kappa shape index (κ1) is 13.5. The van der Waals surface area contributed by atoms with Crippen molar-refractivity contribution in [2.75, 3.05) is 25.7 Å². The second-order valence-corrected chi connectivity index (χ2v) is 5.49. The molecule has 0 aliphatic carbocycles. The monoisotopic (exact) mass is 260 g/mol. The van der Waals surface area contributed by atoms with Crippen molar-refractivity contribution in [3.8, 4) is 17.6 Å². The summed E-state index contributed by atoms with van der Waals surface area (Å²) in [6.07, 6.45) is 0.874. The number of nitrogens with zero attached hydrogens (tertiary/aromatic N) is 2. The molecule has 0 saturated carbocycles. The van der Waals surface area contributed by atoms with E-state index in [0.29, 0.717) is 0 Å². The molecule has 1 aliphatic rings. The highest BCUT2D eigenvalue weighted by Gasteiger charge is 2.39. The second kappa shape index (κ2) is 5.00. The van der Waals surface area contributed by atoms with Gasteiger partial charge < -0.3 is 14.4 Å². The highest BCUT2D eigenvalue weighted by molar-refractivity contribution is 5.63. The third kappa shape index (κ3) is 2.46. The Bertz CT molecular complexity index is 505. The first-order valence-corrected chi connectivity index (χ1v) is 6.41. The van der Waals surface area contributed by atoms with Crippen LogP contribution in [0.4, 0.5) is 5.69 Å². The summed E-state index contributed by atoms with van der Waals surface area (Å²) in [5, 5.41) is 9.14. The number of rotatable bonds is 3. The summed E-state index contributed by atoms with van der Waals surface area (Å²) in [7, 11) is 3.29. The van der Waals surface area contributed by atoms with E-state index < -0.39 is 0 Å². The highest BCUT2D eigenvalue weighted by atomic mass is 16.5. The van der Waals surface area contributed by atoms with Gasteiger partial charge in [0.1, 0.15) is 11.5 Å². The Morgan fingerprint density at radius 2 is 2.05 bits per heavy atom. The van der Waals surface area contributed by atoms with Crippen LogP contribution in [0, 0.1) is 17.2 Å². The molecular formula is C15H20N2O2. The van der Waals surface area contributed by atoms with Gasteiger partial charge in [-0.15, -0.1) is 0 Å². The zero-order valence-electron chi connectivity index (χ0n) is 11.9. The maximum atomic E-state index is 9.14. The molecule has 1 unspecified atom stereocenters. The number of benzene rings is 1. The van der Waals surface area contributed by atoms with Crippen LogP contribution in [0.25, 0.3) is 0 Å². The molecule has 0 spiro atoms. The molecule has 0 aromatic heterocycles. The van der Waals surface area contributed by atoms with E-state index in [9.17, 15) is 0 Å². The van der Waals surface area contributed by atoms with E-state index in [-0.39, 0.29) is 11.5 Å². The molecule has 1 heterocycles. The third-order valence-electron chi connectivity index (χ3n) is 3.74. The Kier molecular flexibility index (Phi) is 3.57. The van der Waals surface area contributed by atoms with Gasteiger partial charge in [0.05, 0.1) is 31.9 Å². The fraction of sp³-hybridized carbons (Fsp3) is 0.533. The van der Waals surface area contributed by atoms with Gasteiger partial charge in [0.2, 0.25) is 0 Å². The zero-order chi connectivity index (χ0) is 14.0. The van der Waals surface area contributed by atoms with Crippen molar-refractivity contribution in [3.63, 3.8) is 0 Å². The average Bonchev–Trinajstić information content (AvgIpc) is 2.72. The summed E-state index contributed by atoms with van der Waals surface area (Å²) >= 11 is 0. The van der Waals surface area contributed by atoms with Gasteiger partial charge in [0.15, 0.2) is 0 Å². The van der Waals surface area contributed by atoms with Crippen molar-refractivity contribution in [2.45, 2.75) is 25.8 Å². The van der Waals surface area contributed by atoms with Gasteiger partial charge in [-0.25, -0.2) is 0 Å². The Labute approximate surface area is 114 Å². The summed E-state index contributed by atoms with van der Waals surface area (Å²) in [4.78, 5) is 2.25. The molecular weight excluding hydrogens is 240 g/mol. The van der Waals surface area contributed by atoms with E-state index in [1.807, 2.05) is 18.2 Å². The largest absolute Gasteiger partial charge is 0.497 e. The van der Waals surface area contributed by atoms with Crippen LogP contribution in [-0.4, -0.2) is 26.3 Å². The van der Waals surface area contributed by atoms with Crippen LogP contribution >= 0.6 is 0 Å². The average molecular weight is 260 g/mol. The summed E-state index contributed by atoms with van der Waals surface area (Å²) in [5.74, 6) is 1.63. The van der Waals surface area contributed by atoms with Crippen molar-refractivity contribution in [3.05, 3.63) is 18.2 Å². The van der Waals surface area contributed by atoms with E-state index in [2.05, 4.69) is 24.8 Å². The molecule has 1 atom stereocenters. The van der Waals surface area contributed by atoms with Crippen LogP contribution < -0.4 is 14.4 Å². The van der Waals surface area contributed by atoms with Gasteiger partial charge in [0.25, 0.3) is 0 Å². The van der Waals surface area contributed by atoms with Crippen LogP contribution in [0.2, 0.25) is 0 Å². The summed E-state index contributed by atoms with van der Waals surface area (Å²) in [5.41, 5.74) is 0.980. The molecule has 0 amide bonds. The Morgan fingerprint density at radius 3 is 2.58 bits per heavy atom. The van der Waals surface area contributed by atoms with Crippen molar-refractivity contribution in [1.29, 1.82) is 5.26 Å². The van der Waals surface area contributed by atoms with Crippen molar-refractivity contribution < 1.29 is 9.47 Å². The van der Waals surface area contributed by atoms with E-state index >= 15 is 0 Å². The summed E-state index contributed by atoms with van der Waals surface area (Å²) < 4.78 is 10.7. The van der Waals surface area contributed by atoms with E-state index in [1.54, 1.807) is 14.2 Å². The van der Waals surface area contributed by atoms with Crippen molar-refractivity contribution >= 4 is 5.69 Å². The molecule has 2 rings (SSSR count). The molecule has 1 aromatic carbocycles. The topological polar surface area (TPSA) is 45.5 Å². The molecule has 0 radical (unpaired) electrons. The number of methoxy groups -OCH3 is 2. The molecule has 1 saturated heterocycles. The lowest BCUT2D eigenvalue weighted by Gasteiger charge is -2.34. The van der Waals surface area contributed by atoms with Crippen LogP contribution in [0.1, 0.15) is 20.3 Å². The lowest BCUT2D eigenvalue weighted by molar-refractivity contribution is 0.392. The van der Waals surface area contributed by atoms with E-state index in [0.717, 1.165) is 30.2 Å². The molecule has 1 fully saturated rings. The molecule has 0 N–H and O–H groups in total. The summed E-state index contributed by atoms with van der Waals surface area (Å²) in [6.45, 7) is 5.06. The number of nitriles is 1. The molecule has 102 valence electrons. The third-order valence-corrected chi connectivity index (χ3v) is 3.74. The first-order chi connectivity index (χ1) is 9.01.